The molecule has 3 aromatic carbocycles. The number of para-hydroxylation sites is 1. The van der Waals surface area contributed by atoms with E-state index in [4.69, 9.17) is 18.9 Å². The monoisotopic (exact) mass is 410 g/mol. The number of hydrogen-bond acceptors (Lipinski definition) is 5. The van der Waals surface area contributed by atoms with Crippen molar-refractivity contribution in [1.29, 1.82) is 0 Å². The number of hydrogen-bond donors (Lipinski definition) is 0. The predicted octanol–water partition coefficient (Wildman–Crippen LogP) is 4.96. The second kappa shape index (κ2) is 9.44. The lowest BCUT2D eigenvalue weighted by Crippen LogP contribution is -2.08. The van der Waals surface area contributed by atoms with E-state index in [0.29, 0.717) is 22.8 Å². The molecule has 5 nitrogen and oxygen atoms in total. The van der Waals surface area contributed by atoms with Crippen molar-refractivity contribution in [3.8, 4) is 28.7 Å². The molecule has 6 heteroatoms. The van der Waals surface area contributed by atoms with Gasteiger partial charge in [0.15, 0.2) is 5.52 Å². The van der Waals surface area contributed by atoms with Gasteiger partial charge in [0.1, 0.15) is 34.3 Å². The van der Waals surface area contributed by atoms with Gasteiger partial charge in [-0.25, -0.2) is 0 Å². The number of carbonyl (C=O) groups is 1. The van der Waals surface area contributed by atoms with E-state index in [1.165, 1.54) is 14.2 Å². The van der Waals surface area contributed by atoms with Crippen molar-refractivity contribution >= 4 is 19.4 Å². The largest absolute Gasteiger partial charge is 0.496 e. The topological polar surface area (TPSA) is 54.0 Å². The lowest BCUT2D eigenvalue weighted by atomic mass is 10.2. The van der Waals surface area contributed by atoms with Gasteiger partial charge >= 0.3 is 0 Å². The number of methoxy groups -OCH3 is 3. The van der Waals surface area contributed by atoms with E-state index >= 15 is 0 Å². The van der Waals surface area contributed by atoms with Crippen molar-refractivity contribution in [2.24, 2.45) is 0 Å². The van der Waals surface area contributed by atoms with E-state index < -0.39 is 0 Å². The summed E-state index contributed by atoms with van der Waals surface area (Å²) in [5, 5.41) is 0.940. The predicted molar refractivity (Wildman–Crippen MR) is 116 cm³/mol. The van der Waals surface area contributed by atoms with Crippen molar-refractivity contribution in [2.75, 3.05) is 21.3 Å². The van der Waals surface area contributed by atoms with Crippen molar-refractivity contribution in [3.63, 3.8) is 0 Å². The molecule has 0 amide bonds. The SMILES string of the molecule is COc1cc(OC)c(C(=O)Pc2ccc(Oc3ccccc3)cc2C)c(OC)c1. The number of benzene rings is 3. The highest BCUT2D eigenvalue weighted by Gasteiger charge is 2.21. The van der Waals surface area contributed by atoms with Crippen LogP contribution in [-0.2, 0) is 0 Å². The van der Waals surface area contributed by atoms with E-state index in [2.05, 4.69) is 0 Å². The molecule has 0 aliphatic heterocycles. The van der Waals surface area contributed by atoms with Gasteiger partial charge in [-0.05, 0) is 50.6 Å². The van der Waals surface area contributed by atoms with Crippen LogP contribution in [0.3, 0.4) is 0 Å². The minimum absolute atomic E-state index is 0.0684. The van der Waals surface area contributed by atoms with Crippen molar-refractivity contribution in [1.82, 2.24) is 0 Å². The fourth-order valence-corrected chi connectivity index (χ4v) is 3.93. The number of rotatable bonds is 8. The summed E-state index contributed by atoms with van der Waals surface area (Å²) in [6, 6.07) is 18.7. The highest BCUT2D eigenvalue weighted by molar-refractivity contribution is 7.66. The summed E-state index contributed by atoms with van der Waals surface area (Å²) < 4.78 is 21.9. The molecular formula is C23H23O5P. The maximum atomic E-state index is 13.1. The maximum Gasteiger partial charge on any atom is 0.193 e. The molecule has 0 fully saturated rings. The molecule has 0 N–H and O–H groups in total. The second-order valence-corrected chi connectivity index (χ2v) is 7.50. The smallest absolute Gasteiger partial charge is 0.193 e. The fourth-order valence-electron chi connectivity index (χ4n) is 2.88. The van der Waals surface area contributed by atoms with Gasteiger partial charge in [-0.3, -0.25) is 4.79 Å². The second-order valence-electron chi connectivity index (χ2n) is 6.25. The Morgan fingerprint density at radius 2 is 1.41 bits per heavy atom. The van der Waals surface area contributed by atoms with Crippen LogP contribution in [0.1, 0.15) is 15.9 Å². The molecule has 1 atom stereocenters. The highest BCUT2D eigenvalue weighted by atomic mass is 31.1. The van der Waals surface area contributed by atoms with E-state index in [1.54, 1.807) is 19.2 Å². The average Bonchev–Trinajstić information content (AvgIpc) is 2.75. The van der Waals surface area contributed by atoms with E-state index in [1.807, 2.05) is 55.5 Å². The Bertz CT molecular complexity index is 976. The quantitative estimate of drug-likeness (QED) is 0.492. The molecule has 0 heterocycles. The Morgan fingerprint density at radius 3 is 1.97 bits per heavy atom. The zero-order chi connectivity index (χ0) is 20.8. The van der Waals surface area contributed by atoms with Crippen LogP contribution >= 0.6 is 8.58 Å². The van der Waals surface area contributed by atoms with Crippen LogP contribution < -0.4 is 24.3 Å². The third-order valence-electron chi connectivity index (χ3n) is 4.37. The van der Waals surface area contributed by atoms with Crippen LogP contribution in [0.15, 0.2) is 60.7 Å². The fraction of sp³-hybridized carbons (Fsp3) is 0.174. The molecule has 1 unspecified atom stereocenters. The van der Waals surface area contributed by atoms with E-state index in [-0.39, 0.29) is 14.1 Å². The number of ether oxygens (including phenoxy) is 4. The molecule has 0 aromatic heterocycles. The zero-order valence-corrected chi connectivity index (χ0v) is 17.8. The van der Waals surface area contributed by atoms with Crippen LogP contribution in [0, 0.1) is 6.92 Å². The third-order valence-corrected chi connectivity index (χ3v) is 5.67. The van der Waals surface area contributed by atoms with Crippen LogP contribution in [0.2, 0.25) is 0 Å². The Hall–Kier alpha value is -3.04. The van der Waals surface area contributed by atoms with Crippen molar-refractivity contribution in [2.45, 2.75) is 6.92 Å². The van der Waals surface area contributed by atoms with E-state index in [0.717, 1.165) is 22.4 Å². The lowest BCUT2D eigenvalue weighted by molar-refractivity contribution is 0.108. The molecule has 29 heavy (non-hydrogen) atoms. The lowest BCUT2D eigenvalue weighted by Gasteiger charge is -2.15. The van der Waals surface area contributed by atoms with Crippen molar-refractivity contribution in [3.05, 3.63) is 71.8 Å². The molecule has 0 aliphatic carbocycles. The number of aryl methyl sites for hydroxylation is 1. The Balaban J connectivity index is 1.84. The maximum absolute atomic E-state index is 13.1. The van der Waals surface area contributed by atoms with Gasteiger partial charge in [-0.2, -0.15) is 0 Å². The highest BCUT2D eigenvalue weighted by Crippen LogP contribution is 2.38. The molecule has 150 valence electrons. The van der Waals surface area contributed by atoms with Gasteiger partial charge in [-0.15, -0.1) is 0 Å². The first-order chi connectivity index (χ1) is 14.0. The standard InChI is InChI=1S/C23H23O5P/c1-15-12-17(28-16-8-6-5-7-9-16)10-11-21(15)29-23(24)22-19(26-3)13-18(25-2)14-20(22)27-4/h5-14,29H,1-4H3. The Labute approximate surface area is 172 Å². The molecule has 0 saturated heterocycles. The number of carbonyl (C=O) groups excluding carboxylic acids is 1. The van der Waals surface area contributed by atoms with E-state index in [9.17, 15) is 4.79 Å². The van der Waals surface area contributed by atoms with Gasteiger partial charge < -0.3 is 18.9 Å². The van der Waals surface area contributed by atoms with Crippen LogP contribution in [-0.4, -0.2) is 26.9 Å². The van der Waals surface area contributed by atoms with Crippen LogP contribution in [0.25, 0.3) is 0 Å². The first-order valence-corrected chi connectivity index (χ1v) is 10.0. The van der Waals surface area contributed by atoms with Gasteiger partial charge in [0.05, 0.1) is 21.3 Å². The van der Waals surface area contributed by atoms with Gasteiger partial charge in [0.2, 0.25) is 0 Å². The first-order valence-electron chi connectivity index (χ1n) is 9.00. The molecule has 0 spiro atoms. The Morgan fingerprint density at radius 1 is 0.759 bits per heavy atom. The average molecular weight is 410 g/mol. The summed E-state index contributed by atoms with van der Waals surface area (Å²) in [7, 11) is 4.52. The van der Waals surface area contributed by atoms with Crippen LogP contribution in [0.5, 0.6) is 28.7 Å². The van der Waals surface area contributed by atoms with Gasteiger partial charge in [0, 0.05) is 12.1 Å². The summed E-state index contributed by atoms with van der Waals surface area (Å²) >= 11 is 0. The van der Waals surface area contributed by atoms with Crippen LogP contribution in [0.4, 0.5) is 0 Å². The molecular weight excluding hydrogens is 387 g/mol. The van der Waals surface area contributed by atoms with Gasteiger partial charge in [-0.1, -0.05) is 24.3 Å². The normalized spacial score (nSPS) is 10.8. The van der Waals surface area contributed by atoms with Crippen molar-refractivity contribution < 1.29 is 23.7 Å². The molecule has 3 aromatic rings. The first kappa shape index (κ1) is 20.7. The minimum atomic E-state index is -0.0802. The molecule has 3 rings (SSSR count). The molecule has 0 saturated carbocycles. The minimum Gasteiger partial charge on any atom is -0.496 e. The molecule has 0 bridgehead atoms. The third kappa shape index (κ3) is 4.87. The van der Waals surface area contributed by atoms with Gasteiger partial charge in [0.25, 0.3) is 0 Å². The summed E-state index contributed by atoms with van der Waals surface area (Å²) in [5.41, 5.74) is 1.33. The summed E-state index contributed by atoms with van der Waals surface area (Å²) in [5.74, 6) is 2.93. The molecule has 0 radical (unpaired) electrons. The summed E-state index contributed by atoms with van der Waals surface area (Å²) in [6.07, 6.45) is 0. The Kier molecular flexibility index (Phi) is 6.73. The summed E-state index contributed by atoms with van der Waals surface area (Å²) in [4.78, 5) is 13.1. The molecule has 0 aliphatic rings. The summed E-state index contributed by atoms with van der Waals surface area (Å²) in [6.45, 7) is 1.97. The zero-order valence-electron chi connectivity index (χ0n) is 16.8.